The summed E-state index contributed by atoms with van der Waals surface area (Å²) in [5.74, 6) is -4.30. The number of halogens is 6. The van der Waals surface area contributed by atoms with Gasteiger partial charge in [-0.05, 0) is 42.7 Å². The summed E-state index contributed by atoms with van der Waals surface area (Å²) in [6.07, 6.45) is 3.17. The Morgan fingerprint density at radius 1 is 0.765 bits per heavy atom. The molecule has 0 aromatic heterocycles. The first-order valence-electron chi connectivity index (χ1n) is 10.3. The highest BCUT2D eigenvalue weighted by molar-refractivity contribution is 5.91. The SMILES string of the molecule is CCCCCc1cc(F)c(C#Cc2cc(F)c(C(=O)Oc3cc(F)cc(F)c3)c(F)c2)c(F)c1. The van der Waals surface area contributed by atoms with Crippen molar-refractivity contribution in [2.24, 2.45) is 0 Å². The molecule has 0 saturated carbocycles. The summed E-state index contributed by atoms with van der Waals surface area (Å²) >= 11 is 0. The first-order chi connectivity index (χ1) is 16.2. The van der Waals surface area contributed by atoms with Crippen molar-refractivity contribution >= 4 is 5.97 Å². The number of carbonyl (C=O) groups is 1. The minimum absolute atomic E-state index is 0.297. The predicted octanol–water partition coefficient (Wildman–Crippen LogP) is 6.87. The predicted molar refractivity (Wildman–Crippen MR) is 113 cm³/mol. The molecule has 3 aromatic carbocycles. The Morgan fingerprint density at radius 2 is 1.35 bits per heavy atom. The van der Waals surface area contributed by atoms with Gasteiger partial charge in [-0.15, -0.1) is 0 Å². The molecule has 0 radical (unpaired) electrons. The number of hydrogen-bond donors (Lipinski definition) is 0. The smallest absolute Gasteiger partial charge is 0.349 e. The van der Waals surface area contributed by atoms with Crippen molar-refractivity contribution in [2.75, 3.05) is 0 Å². The summed E-state index contributed by atoms with van der Waals surface area (Å²) in [7, 11) is 0. The van der Waals surface area contributed by atoms with Crippen molar-refractivity contribution in [3.8, 4) is 17.6 Å². The summed E-state index contributed by atoms with van der Waals surface area (Å²) in [4.78, 5) is 12.1. The van der Waals surface area contributed by atoms with E-state index >= 15 is 0 Å². The quantitative estimate of drug-likeness (QED) is 0.128. The van der Waals surface area contributed by atoms with E-state index in [0.717, 1.165) is 31.4 Å². The van der Waals surface area contributed by atoms with Crippen LogP contribution in [0, 0.1) is 46.7 Å². The summed E-state index contributed by atoms with van der Waals surface area (Å²) in [5.41, 5.74) is -1.50. The van der Waals surface area contributed by atoms with Gasteiger partial charge in [-0.25, -0.2) is 31.1 Å². The fourth-order valence-electron chi connectivity index (χ4n) is 3.19. The van der Waals surface area contributed by atoms with Crippen LogP contribution < -0.4 is 4.74 Å². The molecular formula is C26H18F6O2. The Labute approximate surface area is 192 Å². The molecular weight excluding hydrogens is 458 g/mol. The van der Waals surface area contributed by atoms with Crippen molar-refractivity contribution in [1.29, 1.82) is 0 Å². The van der Waals surface area contributed by atoms with Gasteiger partial charge in [0.1, 0.15) is 46.2 Å². The second kappa shape index (κ2) is 10.9. The number of ether oxygens (including phenoxy) is 1. The van der Waals surface area contributed by atoms with E-state index in [-0.39, 0.29) is 5.56 Å². The molecule has 3 rings (SSSR count). The second-order valence-electron chi connectivity index (χ2n) is 7.45. The molecule has 0 bridgehead atoms. The van der Waals surface area contributed by atoms with Gasteiger partial charge in [0, 0.05) is 23.8 Å². The van der Waals surface area contributed by atoms with Gasteiger partial charge in [0.05, 0.1) is 5.56 Å². The van der Waals surface area contributed by atoms with Crippen LogP contribution in [0.4, 0.5) is 26.3 Å². The summed E-state index contributed by atoms with van der Waals surface area (Å²) < 4.78 is 88.5. The zero-order valence-corrected chi connectivity index (χ0v) is 18.0. The number of unbranched alkanes of at least 4 members (excludes halogenated alkanes) is 2. The number of carbonyl (C=O) groups excluding carboxylic acids is 1. The third-order valence-electron chi connectivity index (χ3n) is 4.80. The molecule has 0 saturated heterocycles. The highest BCUT2D eigenvalue weighted by Gasteiger charge is 2.21. The van der Waals surface area contributed by atoms with Crippen molar-refractivity contribution in [3.63, 3.8) is 0 Å². The van der Waals surface area contributed by atoms with E-state index in [1.807, 2.05) is 6.92 Å². The van der Waals surface area contributed by atoms with Crippen molar-refractivity contribution < 1.29 is 35.9 Å². The Bertz CT molecular complexity index is 1220. The lowest BCUT2D eigenvalue weighted by atomic mass is 10.0. The maximum absolute atomic E-state index is 14.4. The maximum atomic E-state index is 14.4. The Balaban J connectivity index is 1.83. The lowest BCUT2D eigenvalue weighted by molar-refractivity contribution is 0.0724. The van der Waals surface area contributed by atoms with Crippen LogP contribution in [0.2, 0.25) is 0 Å². The van der Waals surface area contributed by atoms with Crippen LogP contribution in [0.15, 0.2) is 42.5 Å². The molecule has 2 nitrogen and oxygen atoms in total. The molecule has 0 aliphatic heterocycles. The Kier molecular flexibility index (Phi) is 8.00. The average Bonchev–Trinajstić information content (AvgIpc) is 2.72. The standard InChI is InChI=1S/C26H18F6O2/c1-2-3-4-5-15-8-21(29)20(22(30)9-15)7-6-16-10-23(31)25(24(32)11-16)26(33)34-19-13-17(27)12-18(28)14-19/h8-14H,2-5H2,1H3. The molecule has 0 N–H and O–H groups in total. The molecule has 176 valence electrons. The minimum Gasteiger partial charge on any atom is -0.423 e. The molecule has 0 spiro atoms. The van der Waals surface area contributed by atoms with Gasteiger partial charge in [0.15, 0.2) is 0 Å². The maximum Gasteiger partial charge on any atom is 0.349 e. The fraction of sp³-hybridized carbons (Fsp3) is 0.192. The number of esters is 1. The van der Waals surface area contributed by atoms with Crippen molar-refractivity contribution in [3.05, 3.63) is 99.6 Å². The van der Waals surface area contributed by atoms with E-state index in [0.29, 0.717) is 42.3 Å². The second-order valence-corrected chi connectivity index (χ2v) is 7.45. The van der Waals surface area contributed by atoms with Crippen LogP contribution in [-0.4, -0.2) is 5.97 Å². The fourth-order valence-corrected chi connectivity index (χ4v) is 3.19. The highest BCUT2D eigenvalue weighted by Crippen LogP contribution is 2.21. The molecule has 34 heavy (non-hydrogen) atoms. The first-order valence-corrected chi connectivity index (χ1v) is 10.3. The molecule has 0 heterocycles. The van der Waals surface area contributed by atoms with E-state index in [1.54, 1.807) is 0 Å². The zero-order valence-electron chi connectivity index (χ0n) is 18.0. The van der Waals surface area contributed by atoms with E-state index in [9.17, 15) is 31.1 Å². The lowest BCUT2D eigenvalue weighted by Gasteiger charge is -2.07. The Hall–Kier alpha value is -3.73. The number of hydrogen-bond acceptors (Lipinski definition) is 2. The topological polar surface area (TPSA) is 26.3 Å². The van der Waals surface area contributed by atoms with Crippen LogP contribution in [0.5, 0.6) is 5.75 Å². The molecule has 0 atom stereocenters. The van der Waals surface area contributed by atoms with Crippen LogP contribution in [0.1, 0.15) is 53.2 Å². The van der Waals surface area contributed by atoms with Crippen LogP contribution in [0.3, 0.4) is 0 Å². The lowest BCUT2D eigenvalue weighted by Crippen LogP contribution is -2.14. The van der Waals surface area contributed by atoms with Gasteiger partial charge < -0.3 is 4.74 Å². The third kappa shape index (κ3) is 6.19. The average molecular weight is 476 g/mol. The van der Waals surface area contributed by atoms with Gasteiger partial charge in [-0.3, -0.25) is 0 Å². The molecule has 0 unspecified atom stereocenters. The molecule has 3 aromatic rings. The molecule has 0 aliphatic rings. The number of benzene rings is 3. The Morgan fingerprint density at radius 3 is 1.91 bits per heavy atom. The molecule has 0 aliphatic carbocycles. The summed E-state index contributed by atoms with van der Waals surface area (Å²) in [5, 5.41) is 0. The van der Waals surface area contributed by atoms with Gasteiger partial charge >= 0.3 is 5.97 Å². The van der Waals surface area contributed by atoms with Gasteiger partial charge in [-0.1, -0.05) is 31.6 Å². The van der Waals surface area contributed by atoms with E-state index in [2.05, 4.69) is 16.6 Å². The molecule has 8 heteroatoms. The number of rotatable bonds is 6. The van der Waals surface area contributed by atoms with E-state index in [1.165, 1.54) is 0 Å². The van der Waals surface area contributed by atoms with Crippen LogP contribution >= 0.6 is 0 Å². The van der Waals surface area contributed by atoms with Crippen molar-refractivity contribution in [2.45, 2.75) is 32.6 Å². The minimum atomic E-state index is -1.53. The monoisotopic (exact) mass is 476 g/mol. The van der Waals surface area contributed by atoms with Crippen molar-refractivity contribution in [1.82, 2.24) is 0 Å². The van der Waals surface area contributed by atoms with E-state index in [4.69, 9.17) is 0 Å². The largest absolute Gasteiger partial charge is 0.423 e. The van der Waals surface area contributed by atoms with Gasteiger partial charge in [0.25, 0.3) is 0 Å². The normalized spacial score (nSPS) is 10.6. The van der Waals surface area contributed by atoms with Gasteiger partial charge in [0.2, 0.25) is 0 Å². The first kappa shape index (κ1) is 24.9. The number of aryl methyl sites for hydroxylation is 1. The molecule has 0 amide bonds. The summed E-state index contributed by atoms with van der Waals surface area (Å²) in [6.45, 7) is 2.01. The highest BCUT2D eigenvalue weighted by atomic mass is 19.2. The third-order valence-corrected chi connectivity index (χ3v) is 4.80. The van der Waals surface area contributed by atoms with Crippen LogP contribution in [-0.2, 0) is 6.42 Å². The van der Waals surface area contributed by atoms with Gasteiger partial charge in [-0.2, -0.15) is 0 Å². The zero-order chi connectivity index (χ0) is 24.8. The molecule has 0 fully saturated rings. The summed E-state index contributed by atoms with van der Waals surface area (Å²) in [6, 6.07) is 5.53. The van der Waals surface area contributed by atoms with E-state index < -0.39 is 57.7 Å². The van der Waals surface area contributed by atoms with Crippen LogP contribution in [0.25, 0.3) is 0 Å².